The highest BCUT2D eigenvalue weighted by molar-refractivity contribution is 5.79. The minimum absolute atomic E-state index is 0.0318. The molecule has 1 saturated heterocycles. The Morgan fingerprint density at radius 1 is 1.03 bits per heavy atom. The van der Waals surface area contributed by atoms with Crippen LogP contribution in [0.15, 0.2) is 24.3 Å². The van der Waals surface area contributed by atoms with E-state index in [1.807, 2.05) is 45.3 Å². The number of aromatic hydroxyl groups is 1. The second kappa shape index (κ2) is 10.5. The predicted octanol–water partition coefficient (Wildman–Crippen LogP) is 3.68. The molecule has 3 aliphatic rings. The Hall–Kier alpha value is -3.17. The van der Waals surface area contributed by atoms with E-state index in [1.54, 1.807) is 0 Å². The van der Waals surface area contributed by atoms with Gasteiger partial charge in [-0.15, -0.1) is 0 Å². The van der Waals surface area contributed by atoms with Gasteiger partial charge in [0.15, 0.2) is 23.0 Å². The van der Waals surface area contributed by atoms with E-state index >= 15 is 0 Å². The van der Waals surface area contributed by atoms with Crippen LogP contribution < -0.4 is 24.3 Å². The fraction of sp³-hybridized carbons (Fsp3) is 0.552. The van der Waals surface area contributed by atoms with Gasteiger partial charge < -0.3 is 39.0 Å². The number of rotatable bonds is 8. The molecule has 2 aliphatic heterocycles. The molecule has 2 aromatic rings. The van der Waals surface area contributed by atoms with Crippen LogP contribution in [0, 0.1) is 17.8 Å². The van der Waals surface area contributed by atoms with Crippen LogP contribution in [0.1, 0.15) is 48.9 Å². The van der Waals surface area contributed by atoms with Crippen molar-refractivity contribution in [2.24, 2.45) is 17.8 Å². The van der Waals surface area contributed by atoms with Crippen molar-refractivity contribution in [3.63, 3.8) is 0 Å². The second-order valence-corrected chi connectivity index (χ2v) is 10.9. The third kappa shape index (κ3) is 4.62. The summed E-state index contributed by atoms with van der Waals surface area (Å²) in [4.78, 5) is 15.6. The molecule has 0 spiro atoms. The number of hydrogen-bond donors (Lipinski definition) is 2. The van der Waals surface area contributed by atoms with Crippen LogP contribution in [0.3, 0.4) is 0 Å². The van der Waals surface area contributed by atoms with Gasteiger partial charge in [0.05, 0.1) is 33.5 Å². The Kier molecular flexibility index (Phi) is 7.33. The minimum atomic E-state index is -0.228. The lowest BCUT2D eigenvalue weighted by molar-refractivity contribution is -0.126. The molecular weight excluding hydrogens is 488 g/mol. The van der Waals surface area contributed by atoms with Crippen molar-refractivity contribution in [1.82, 2.24) is 10.2 Å². The quantitative estimate of drug-likeness (QED) is 0.538. The van der Waals surface area contributed by atoms with Gasteiger partial charge in [0.1, 0.15) is 0 Å². The van der Waals surface area contributed by atoms with Gasteiger partial charge in [-0.3, -0.25) is 4.79 Å². The smallest absolute Gasteiger partial charge is 0.231 e. The van der Waals surface area contributed by atoms with Crippen LogP contribution >= 0.6 is 0 Å². The van der Waals surface area contributed by atoms with E-state index in [0.717, 1.165) is 23.1 Å². The summed E-state index contributed by atoms with van der Waals surface area (Å²) in [5, 5.41) is 13.9. The van der Waals surface area contributed by atoms with E-state index in [1.165, 1.54) is 14.2 Å². The van der Waals surface area contributed by atoms with E-state index in [0.29, 0.717) is 36.2 Å². The largest absolute Gasteiger partial charge is 0.502 e. The standard InChI is InChI=1S/C29H38N2O7/c1-15(7-16(2)31(3)4)29(33)30-27-19-11-23-22(37-14-38-23)10-18(19)26(20-12-36-13-21(20)27)17-8-24(34-5)28(32)25(9-17)35-6/h8-11,15-16,20-21,26-27,32H,7,12-14H2,1-6H3,(H,30,33). The van der Waals surface area contributed by atoms with Crippen molar-refractivity contribution in [2.75, 3.05) is 48.3 Å². The molecule has 5 rings (SSSR count). The average Bonchev–Trinajstić information content (AvgIpc) is 3.57. The van der Waals surface area contributed by atoms with E-state index in [4.69, 9.17) is 23.7 Å². The number of phenols is 1. The summed E-state index contributed by atoms with van der Waals surface area (Å²) < 4.78 is 28.5. The lowest BCUT2D eigenvalue weighted by atomic mass is 9.65. The first kappa shape index (κ1) is 26.4. The van der Waals surface area contributed by atoms with Gasteiger partial charge in [0, 0.05) is 29.7 Å². The number of hydrogen-bond acceptors (Lipinski definition) is 8. The zero-order valence-electron chi connectivity index (χ0n) is 22.9. The molecule has 0 radical (unpaired) electrons. The molecular formula is C29H38N2O7. The van der Waals surface area contributed by atoms with Crippen LogP contribution in [0.25, 0.3) is 0 Å². The molecule has 0 saturated carbocycles. The molecule has 6 atom stereocenters. The number of carbonyl (C=O) groups excluding carboxylic acids is 1. The lowest BCUT2D eigenvalue weighted by Crippen LogP contribution is -2.44. The van der Waals surface area contributed by atoms with Crippen molar-refractivity contribution < 1.29 is 33.6 Å². The Morgan fingerprint density at radius 2 is 1.63 bits per heavy atom. The van der Waals surface area contributed by atoms with E-state index in [2.05, 4.69) is 17.1 Å². The molecule has 2 aromatic carbocycles. The van der Waals surface area contributed by atoms with Crippen molar-refractivity contribution in [2.45, 2.75) is 38.3 Å². The number of nitrogens with zero attached hydrogens (tertiary/aromatic N) is 1. The molecule has 0 bridgehead atoms. The van der Waals surface area contributed by atoms with Gasteiger partial charge in [-0.1, -0.05) is 6.92 Å². The number of carbonyl (C=O) groups is 1. The Labute approximate surface area is 224 Å². The number of nitrogens with one attached hydrogen (secondary N) is 1. The number of benzene rings is 2. The molecule has 9 heteroatoms. The van der Waals surface area contributed by atoms with Crippen LogP contribution in [0.4, 0.5) is 0 Å². The molecule has 0 aromatic heterocycles. The van der Waals surface area contributed by atoms with Gasteiger partial charge in [0.2, 0.25) is 18.4 Å². The summed E-state index contributed by atoms with van der Waals surface area (Å²) in [6.07, 6.45) is 0.764. The maximum absolute atomic E-state index is 13.5. The Morgan fingerprint density at radius 3 is 2.24 bits per heavy atom. The van der Waals surface area contributed by atoms with E-state index < -0.39 is 0 Å². The van der Waals surface area contributed by atoms with E-state index in [9.17, 15) is 9.90 Å². The molecule has 38 heavy (non-hydrogen) atoms. The zero-order chi connectivity index (χ0) is 27.1. The highest BCUT2D eigenvalue weighted by Crippen LogP contribution is 2.55. The predicted molar refractivity (Wildman–Crippen MR) is 141 cm³/mol. The molecule has 2 N–H and O–H groups in total. The number of amides is 1. The van der Waals surface area contributed by atoms with Crippen LogP contribution in [-0.4, -0.2) is 70.3 Å². The summed E-state index contributed by atoms with van der Waals surface area (Å²) in [5.74, 6) is 1.95. The van der Waals surface area contributed by atoms with Gasteiger partial charge in [-0.2, -0.15) is 0 Å². The third-order valence-corrected chi connectivity index (χ3v) is 8.46. The van der Waals surface area contributed by atoms with Gasteiger partial charge >= 0.3 is 0 Å². The first-order valence-electron chi connectivity index (χ1n) is 13.2. The number of ether oxygens (including phenoxy) is 5. The second-order valence-electron chi connectivity index (χ2n) is 10.9. The Bertz CT molecular complexity index is 1170. The molecule has 206 valence electrons. The normalized spacial score (nSPS) is 24.9. The average molecular weight is 527 g/mol. The third-order valence-electron chi connectivity index (χ3n) is 8.46. The van der Waals surface area contributed by atoms with Crippen molar-refractivity contribution in [3.8, 4) is 28.7 Å². The van der Waals surface area contributed by atoms with Crippen molar-refractivity contribution in [1.29, 1.82) is 0 Å². The molecule has 1 amide bonds. The molecule has 9 nitrogen and oxygen atoms in total. The van der Waals surface area contributed by atoms with Crippen LogP contribution in [0.2, 0.25) is 0 Å². The summed E-state index contributed by atoms with van der Waals surface area (Å²) in [6.45, 7) is 5.37. The van der Waals surface area contributed by atoms with Crippen molar-refractivity contribution in [3.05, 3.63) is 41.0 Å². The van der Waals surface area contributed by atoms with Gasteiger partial charge in [0.25, 0.3) is 0 Å². The minimum Gasteiger partial charge on any atom is -0.502 e. The maximum Gasteiger partial charge on any atom is 0.231 e. The Balaban J connectivity index is 1.57. The monoisotopic (exact) mass is 526 g/mol. The molecule has 1 aliphatic carbocycles. The topological polar surface area (TPSA) is 98.7 Å². The fourth-order valence-corrected chi connectivity index (χ4v) is 6.08. The van der Waals surface area contributed by atoms with Gasteiger partial charge in [-0.05, 0) is 68.4 Å². The van der Waals surface area contributed by atoms with Crippen molar-refractivity contribution >= 4 is 5.91 Å². The highest BCUT2D eigenvalue weighted by atomic mass is 16.7. The fourth-order valence-electron chi connectivity index (χ4n) is 6.08. The number of phenolic OH excluding ortho intramolecular Hbond substituents is 1. The summed E-state index contributed by atoms with van der Waals surface area (Å²) in [7, 11) is 7.11. The first-order chi connectivity index (χ1) is 18.2. The number of fused-ring (bicyclic) bond motifs is 3. The zero-order valence-corrected chi connectivity index (χ0v) is 22.9. The van der Waals surface area contributed by atoms with Crippen LogP contribution in [0.5, 0.6) is 28.7 Å². The first-order valence-corrected chi connectivity index (χ1v) is 13.2. The maximum atomic E-state index is 13.5. The SMILES string of the molecule is COc1cc(C2c3cc4c(cc3C(NC(=O)C(C)CC(C)N(C)C)C3COCC23)OCO4)cc(OC)c1O. The summed E-state index contributed by atoms with van der Waals surface area (Å²) in [5.41, 5.74) is 2.98. The number of methoxy groups -OCH3 is 2. The molecule has 1 fully saturated rings. The summed E-state index contributed by atoms with van der Waals surface area (Å²) in [6, 6.07) is 7.81. The lowest BCUT2D eigenvalue weighted by Gasteiger charge is -2.41. The van der Waals surface area contributed by atoms with Crippen LogP contribution in [-0.2, 0) is 9.53 Å². The van der Waals surface area contributed by atoms with Gasteiger partial charge in [-0.25, -0.2) is 0 Å². The van der Waals surface area contributed by atoms with E-state index in [-0.39, 0.29) is 54.2 Å². The summed E-state index contributed by atoms with van der Waals surface area (Å²) >= 11 is 0. The highest BCUT2D eigenvalue weighted by Gasteiger charge is 2.48. The molecule has 2 heterocycles. The molecule has 6 unspecified atom stereocenters.